The number of anilines is 2. The maximum Gasteiger partial charge on any atom is 0.196 e. The van der Waals surface area contributed by atoms with Crippen LogP contribution in [0.4, 0.5) is 11.4 Å². The molecule has 1 heterocycles. The number of fused-ring (bicyclic) bond motifs is 5. The summed E-state index contributed by atoms with van der Waals surface area (Å²) in [7, 11) is 1.62. The van der Waals surface area contributed by atoms with Crippen LogP contribution in [0.1, 0.15) is 5.56 Å². The highest BCUT2D eigenvalue weighted by Crippen LogP contribution is 2.35. The van der Waals surface area contributed by atoms with Gasteiger partial charge in [-0.25, -0.2) is 0 Å². The number of hydrogen-bond donors (Lipinski definition) is 2. The van der Waals surface area contributed by atoms with E-state index in [0.717, 1.165) is 31.9 Å². The number of benzene rings is 5. The van der Waals surface area contributed by atoms with Gasteiger partial charge in [0.2, 0.25) is 0 Å². The van der Waals surface area contributed by atoms with E-state index in [1.54, 1.807) is 42.7 Å². The van der Waals surface area contributed by atoms with Crippen LogP contribution in [0.3, 0.4) is 0 Å². The SMILES string of the molecule is COc1ccc(Nc2cc3sc4cc(C)ccc4[nH]c3c3c(=O)c4ccccc4c(=O)c23)cc1. The number of H-pyrrole nitrogens is 1. The number of hydrogen-bond acceptors (Lipinski definition) is 5. The van der Waals surface area contributed by atoms with Gasteiger partial charge in [0.25, 0.3) is 0 Å². The van der Waals surface area contributed by atoms with Gasteiger partial charge in [-0.05, 0) is 55.0 Å². The van der Waals surface area contributed by atoms with Gasteiger partial charge in [-0.15, -0.1) is 11.3 Å². The molecule has 0 amide bonds. The van der Waals surface area contributed by atoms with Crippen LogP contribution in [-0.2, 0) is 0 Å². The molecule has 2 N–H and O–H groups in total. The fourth-order valence-electron chi connectivity index (χ4n) is 4.47. The zero-order valence-electron chi connectivity index (χ0n) is 18.6. The fourth-order valence-corrected chi connectivity index (χ4v) is 5.62. The fraction of sp³-hybridized carbons (Fsp3) is 0.0714. The minimum Gasteiger partial charge on any atom is -0.497 e. The lowest BCUT2D eigenvalue weighted by molar-refractivity contribution is 0.415. The zero-order chi connectivity index (χ0) is 23.4. The largest absolute Gasteiger partial charge is 0.497 e. The van der Waals surface area contributed by atoms with Gasteiger partial charge in [0.15, 0.2) is 10.9 Å². The number of rotatable bonds is 3. The molecule has 34 heavy (non-hydrogen) atoms. The predicted molar refractivity (Wildman–Crippen MR) is 142 cm³/mol. The van der Waals surface area contributed by atoms with Gasteiger partial charge in [-0.2, -0.15) is 0 Å². The Morgan fingerprint density at radius 2 is 1.53 bits per heavy atom. The summed E-state index contributed by atoms with van der Waals surface area (Å²) in [6, 6.07) is 22.6. The molecule has 6 aromatic rings. The smallest absolute Gasteiger partial charge is 0.196 e. The van der Waals surface area contributed by atoms with Crippen LogP contribution in [0.2, 0.25) is 0 Å². The summed E-state index contributed by atoms with van der Waals surface area (Å²) < 4.78 is 7.24. The number of aromatic nitrogens is 1. The Morgan fingerprint density at radius 1 is 0.824 bits per heavy atom. The Bertz CT molecular complexity index is 1870. The van der Waals surface area contributed by atoms with Gasteiger partial charge >= 0.3 is 0 Å². The van der Waals surface area contributed by atoms with E-state index < -0.39 is 0 Å². The Morgan fingerprint density at radius 3 is 2.24 bits per heavy atom. The number of methoxy groups -OCH3 is 1. The second-order valence-electron chi connectivity index (χ2n) is 8.33. The first-order valence-electron chi connectivity index (χ1n) is 10.9. The Kier molecular flexibility index (Phi) is 4.64. The van der Waals surface area contributed by atoms with Crippen molar-refractivity contribution in [3.05, 3.63) is 98.8 Å². The van der Waals surface area contributed by atoms with Crippen LogP contribution in [0, 0.1) is 6.92 Å². The normalized spacial score (nSPS) is 11.5. The maximum atomic E-state index is 13.7. The summed E-state index contributed by atoms with van der Waals surface area (Å²) >= 11 is 1.60. The van der Waals surface area contributed by atoms with Crippen molar-refractivity contribution in [2.75, 3.05) is 12.4 Å². The van der Waals surface area contributed by atoms with E-state index in [1.165, 1.54) is 0 Å². The number of ether oxygens (including phenoxy) is 1. The van der Waals surface area contributed by atoms with Crippen LogP contribution in [0.5, 0.6) is 5.75 Å². The van der Waals surface area contributed by atoms with Crippen molar-refractivity contribution in [3.8, 4) is 5.75 Å². The van der Waals surface area contributed by atoms with Crippen molar-refractivity contribution in [3.63, 3.8) is 0 Å². The number of aromatic amines is 1. The molecule has 0 aliphatic heterocycles. The van der Waals surface area contributed by atoms with E-state index >= 15 is 0 Å². The molecule has 5 aromatic carbocycles. The molecule has 0 radical (unpaired) electrons. The summed E-state index contributed by atoms with van der Waals surface area (Å²) in [5, 5.41) is 5.05. The zero-order valence-corrected chi connectivity index (χ0v) is 19.4. The van der Waals surface area contributed by atoms with Gasteiger partial charge in [0.1, 0.15) is 5.75 Å². The molecule has 0 atom stereocenters. The minimum absolute atomic E-state index is 0.150. The number of nitrogens with one attached hydrogen (secondary N) is 2. The first-order valence-corrected chi connectivity index (χ1v) is 11.7. The van der Waals surface area contributed by atoms with Gasteiger partial charge < -0.3 is 15.0 Å². The van der Waals surface area contributed by atoms with Gasteiger partial charge in [-0.3, -0.25) is 9.59 Å². The maximum absolute atomic E-state index is 13.7. The minimum atomic E-state index is -0.162. The van der Waals surface area contributed by atoms with E-state index in [-0.39, 0.29) is 10.9 Å². The topological polar surface area (TPSA) is 71.2 Å². The van der Waals surface area contributed by atoms with Crippen molar-refractivity contribution in [1.29, 1.82) is 0 Å². The highest BCUT2D eigenvalue weighted by atomic mass is 32.1. The van der Waals surface area contributed by atoms with Gasteiger partial charge in [-0.1, -0.05) is 30.3 Å². The average molecular weight is 465 g/mol. The second kappa shape index (κ2) is 7.71. The van der Waals surface area contributed by atoms with E-state index in [0.29, 0.717) is 32.7 Å². The summed E-state index contributed by atoms with van der Waals surface area (Å²) in [6.45, 7) is 2.05. The molecule has 0 aliphatic rings. The summed E-state index contributed by atoms with van der Waals surface area (Å²) in [5.41, 5.74) is 3.87. The van der Waals surface area contributed by atoms with Crippen molar-refractivity contribution in [2.24, 2.45) is 0 Å². The van der Waals surface area contributed by atoms with Crippen molar-refractivity contribution in [1.82, 2.24) is 4.98 Å². The Hall–Kier alpha value is -4.16. The molecule has 6 heteroatoms. The van der Waals surface area contributed by atoms with Crippen molar-refractivity contribution < 1.29 is 4.74 Å². The second-order valence-corrected chi connectivity index (χ2v) is 9.42. The Labute approximate surface area is 198 Å². The molecule has 0 saturated carbocycles. The monoisotopic (exact) mass is 464 g/mol. The van der Waals surface area contributed by atoms with Crippen LogP contribution in [0.15, 0.2) is 82.4 Å². The third-order valence-electron chi connectivity index (χ3n) is 6.15. The molecule has 1 aromatic heterocycles. The molecule has 6 rings (SSSR count). The molecule has 0 aliphatic carbocycles. The molecule has 5 nitrogen and oxygen atoms in total. The third kappa shape index (κ3) is 3.15. The average Bonchev–Trinajstić information content (AvgIpc) is 2.86. The Balaban J connectivity index is 1.76. The molecule has 166 valence electrons. The molecular formula is C28H20N2O3S. The lowest BCUT2D eigenvalue weighted by Gasteiger charge is -2.14. The third-order valence-corrected chi connectivity index (χ3v) is 7.25. The van der Waals surface area contributed by atoms with E-state index in [2.05, 4.69) is 23.3 Å². The molecular weight excluding hydrogens is 444 g/mol. The van der Waals surface area contributed by atoms with E-state index in [1.807, 2.05) is 42.5 Å². The first kappa shape index (κ1) is 20.4. The van der Waals surface area contributed by atoms with Gasteiger partial charge in [0.05, 0.1) is 44.0 Å². The van der Waals surface area contributed by atoms with Crippen LogP contribution >= 0.6 is 11.3 Å². The standard InChI is InChI=1S/C28H20N2O3S/c1-15-7-12-20-22(13-15)34-23-14-21(29-16-8-10-17(33-2)11-9-16)24-25(26(23)30-20)28(32)19-6-4-3-5-18(19)27(24)31/h3-14,29-30H,1-2H3. The predicted octanol–water partition coefficient (Wildman–Crippen LogP) is 6.47. The van der Waals surface area contributed by atoms with Crippen molar-refractivity contribution in [2.45, 2.75) is 6.92 Å². The number of aryl methyl sites for hydroxylation is 1. The highest BCUT2D eigenvalue weighted by molar-refractivity contribution is 7.24. The van der Waals surface area contributed by atoms with Crippen LogP contribution < -0.4 is 20.9 Å². The van der Waals surface area contributed by atoms with E-state index in [4.69, 9.17) is 4.74 Å². The van der Waals surface area contributed by atoms with Crippen molar-refractivity contribution >= 4 is 64.7 Å². The quantitative estimate of drug-likeness (QED) is 0.233. The molecule has 0 unspecified atom stereocenters. The molecule has 0 spiro atoms. The van der Waals surface area contributed by atoms with Crippen LogP contribution in [-0.4, -0.2) is 12.1 Å². The first-order chi connectivity index (χ1) is 16.5. The van der Waals surface area contributed by atoms with Crippen LogP contribution in [0.25, 0.3) is 42.0 Å². The lowest BCUT2D eigenvalue weighted by Crippen LogP contribution is -2.15. The van der Waals surface area contributed by atoms with Gasteiger partial charge in [0, 0.05) is 16.5 Å². The summed E-state index contributed by atoms with van der Waals surface area (Å²) in [5.74, 6) is 0.741. The van der Waals surface area contributed by atoms with E-state index in [9.17, 15) is 9.59 Å². The lowest BCUT2D eigenvalue weighted by atomic mass is 10.00. The molecule has 0 fully saturated rings. The summed E-state index contributed by atoms with van der Waals surface area (Å²) in [6.07, 6.45) is 0. The highest BCUT2D eigenvalue weighted by Gasteiger charge is 2.18. The molecule has 0 bridgehead atoms. The summed E-state index contributed by atoms with van der Waals surface area (Å²) in [4.78, 5) is 30.9. The molecule has 0 saturated heterocycles.